The van der Waals surface area contributed by atoms with E-state index in [4.69, 9.17) is 25.8 Å². The maximum Gasteiger partial charge on any atom is 0.326 e. The van der Waals surface area contributed by atoms with Crippen LogP contribution in [0.3, 0.4) is 0 Å². The maximum atomic E-state index is 13.6. The van der Waals surface area contributed by atoms with Crippen molar-refractivity contribution < 1.29 is 23.8 Å². The first kappa shape index (κ1) is 32.3. The molecule has 5 rings (SSSR count). The number of aromatic nitrogens is 1. The van der Waals surface area contributed by atoms with Gasteiger partial charge in [-0.3, -0.25) is 14.5 Å². The first-order valence-electron chi connectivity index (χ1n) is 15.1. The molecule has 1 aliphatic rings. The number of nitrogens with zero attached hydrogens (tertiary/aromatic N) is 2. The normalized spacial score (nSPS) is 13.8. The van der Waals surface area contributed by atoms with Crippen molar-refractivity contribution >= 4 is 48.9 Å². The molecule has 0 bridgehead atoms. The summed E-state index contributed by atoms with van der Waals surface area (Å²) in [5.74, 6) is 0.00666. The molecule has 1 aromatic heterocycles. The average Bonchev–Trinajstić information content (AvgIpc) is 3.52. The number of aryl methyl sites for hydroxylation is 1. The highest BCUT2D eigenvalue weighted by molar-refractivity contribution is 6.76. The van der Waals surface area contributed by atoms with Crippen molar-refractivity contribution in [3.8, 4) is 28.0 Å². The predicted octanol–water partition coefficient (Wildman–Crippen LogP) is 8.15. The molecule has 0 radical (unpaired) electrons. The molecule has 7 nitrogen and oxygen atoms in total. The van der Waals surface area contributed by atoms with Gasteiger partial charge in [0.2, 0.25) is 0 Å². The fourth-order valence-corrected chi connectivity index (χ4v) is 6.23. The summed E-state index contributed by atoms with van der Waals surface area (Å²) in [6, 6.07) is 22.7. The summed E-state index contributed by atoms with van der Waals surface area (Å²) in [5.41, 5.74) is 6.31. The Morgan fingerprint density at radius 3 is 2.33 bits per heavy atom. The van der Waals surface area contributed by atoms with Crippen molar-refractivity contribution in [3.05, 3.63) is 95.3 Å². The highest BCUT2D eigenvalue weighted by Gasteiger charge is 2.35. The molecule has 3 aromatic carbocycles. The molecule has 0 saturated heterocycles. The van der Waals surface area contributed by atoms with E-state index >= 15 is 0 Å². The Bertz CT molecular complexity index is 1720. The van der Waals surface area contributed by atoms with Gasteiger partial charge in [-0.05, 0) is 60.0 Å². The van der Waals surface area contributed by atoms with Gasteiger partial charge in [0.1, 0.15) is 12.3 Å². The number of benzene rings is 3. The number of fused-ring (bicyclic) bond motifs is 1. The highest BCUT2D eigenvalue weighted by atomic mass is 35.5. The first-order valence-corrected chi connectivity index (χ1v) is 19.2. The first-order chi connectivity index (χ1) is 21.5. The van der Waals surface area contributed by atoms with Crippen LogP contribution in [-0.2, 0) is 26.1 Å². The summed E-state index contributed by atoms with van der Waals surface area (Å²) in [4.78, 5) is 27.5. The number of para-hydroxylation sites is 1. The zero-order valence-corrected chi connectivity index (χ0v) is 28.2. The molecule has 234 valence electrons. The van der Waals surface area contributed by atoms with Gasteiger partial charge in [-0.25, -0.2) is 0 Å². The van der Waals surface area contributed by atoms with Crippen LogP contribution in [0.1, 0.15) is 18.1 Å². The van der Waals surface area contributed by atoms with Crippen molar-refractivity contribution in [3.63, 3.8) is 0 Å². The van der Waals surface area contributed by atoms with E-state index in [9.17, 15) is 9.59 Å². The second kappa shape index (κ2) is 13.9. The minimum Gasteiger partial charge on any atom is -0.467 e. The van der Waals surface area contributed by atoms with E-state index in [2.05, 4.69) is 19.6 Å². The van der Waals surface area contributed by atoms with Gasteiger partial charge in [0, 0.05) is 56.4 Å². The summed E-state index contributed by atoms with van der Waals surface area (Å²) in [7, 11) is 0.763. The number of carbonyl (C=O) groups is 2. The third-order valence-corrected chi connectivity index (χ3v) is 9.61. The number of halogens is 1. The molecule has 0 atom stereocenters. The molecule has 0 unspecified atom stereocenters. The molecule has 1 amide bonds. The summed E-state index contributed by atoms with van der Waals surface area (Å²) in [5, 5.41) is 0.475. The van der Waals surface area contributed by atoms with Crippen molar-refractivity contribution in [1.82, 2.24) is 4.57 Å². The lowest BCUT2D eigenvalue weighted by atomic mass is 9.96. The van der Waals surface area contributed by atoms with Gasteiger partial charge in [-0.2, -0.15) is 0 Å². The number of esters is 1. The number of amides is 1. The third-order valence-electron chi connectivity index (χ3n) is 7.59. The van der Waals surface area contributed by atoms with Crippen LogP contribution in [-0.4, -0.2) is 51.1 Å². The lowest BCUT2D eigenvalue weighted by Gasteiger charge is -2.17. The second-order valence-corrected chi connectivity index (χ2v) is 18.3. The van der Waals surface area contributed by atoms with Crippen LogP contribution in [0.2, 0.25) is 30.7 Å². The zero-order valence-electron chi connectivity index (χ0n) is 26.4. The van der Waals surface area contributed by atoms with E-state index in [1.54, 1.807) is 13.0 Å². The SMILES string of the molecule is CCOC(=O)CN1C(=O)C(=Cc2ccn(C)c2)c2cc(-c3ccc(-c4ccccc4OCOCC[Si](C)(C)C)cc3)c(Cl)cc21. The van der Waals surface area contributed by atoms with Crippen molar-refractivity contribution in [2.75, 3.05) is 31.5 Å². The van der Waals surface area contributed by atoms with Crippen molar-refractivity contribution in [2.24, 2.45) is 7.05 Å². The average molecular weight is 643 g/mol. The van der Waals surface area contributed by atoms with Gasteiger partial charge in [0.05, 0.1) is 17.3 Å². The van der Waals surface area contributed by atoms with E-state index in [0.29, 0.717) is 28.5 Å². The molecular formula is C36H39ClN2O5Si. The minimum atomic E-state index is -1.16. The Balaban J connectivity index is 1.43. The molecule has 0 saturated carbocycles. The van der Waals surface area contributed by atoms with Gasteiger partial charge >= 0.3 is 5.97 Å². The van der Waals surface area contributed by atoms with E-state index in [0.717, 1.165) is 39.6 Å². The number of hydrogen-bond acceptors (Lipinski definition) is 5. The molecule has 9 heteroatoms. The van der Waals surface area contributed by atoms with Gasteiger partial charge < -0.3 is 18.8 Å². The Hall–Kier alpha value is -4.11. The topological polar surface area (TPSA) is 70.0 Å². The molecule has 0 fully saturated rings. The molecule has 2 heterocycles. The fourth-order valence-electron chi connectivity index (χ4n) is 5.20. The van der Waals surface area contributed by atoms with Gasteiger partial charge in [0.25, 0.3) is 5.91 Å². The predicted molar refractivity (Wildman–Crippen MR) is 184 cm³/mol. The van der Waals surface area contributed by atoms with E-state index in [1.165, 1.54) is 4.90 Å². The Morgan fingerprint density at radius 1 is 0.956 bits per heavy atom. The van der Waals surface area contributed by atoms with Gasteiger partial charge in [-0.15, -0.1) is 0 Å². The van der Waals surface area contributed by atoms with Crippen LogP contribution < -0.4 is 9.64 Å². The smallest absolute Gasteiger partial charge is 0.326 e. The second-order valence-electron chi connectivity index (χ2n) is 12.3. The number of hydrogen-bond donors (Lipinski definition) is 0. The quantitative estimate of drug-likeness (QED) is 0.0513. The van der Waals surface area contributed by atoms with Gasteiger partial charge in [-0.1, -0.05) is 73.7 Å². The molecule has 45 heavy (non-hydrogen) atoms. The fraction of sp³-hybridized carbons (Fsp3) is 0.278. The molecule has 1 aliphatic heterocycles. The molecule has 0 N–H and O–H groups in total. The van der Waals surface area contributed by atoms with Crippen molar-refractivity contribution in [2.45, 2.75) is 32.6 Å². The monoisotopic (exact) mass is 642 g/mol. The number of anilines is 1. The summed E-state index contributed by atoms with van der Waals surface area (Å²) in [6.45, 7) is 9.66. The molecule has 0 aliphatic carbocycles. The number of ether oxygens (including phenoxy) is 3. The van der Waals surface area contributed by atoms with E-state index < -0.39 is 14.0 Å². The van der Waals surface area contributed by atoms with Crippen molar-refractivity contribution in [1.29, 1.82) is 0 Å². The Kier molecular flexibility index (Phi) is 9.97. The van der Waals surface area contributed by atoms with Crippen LogP contribution >= 0.6 is 11.6 Å². The van der Waals surface area contributed by atoms with Crippen LogP contribution in [0.5, 0.6) is 5.75 Å². The summed E-state index contributed by atoms with van der Waals surface area (Å²) < 4.78 is 18.8. The Labute approximate surface area is 271 Å². The maximum absolute atomic E-state index is 13.6. The number of carbonyl (C=O) groups excluding carboxylic acids is 2. The number of rotatable bonds is 12. The molecule has 0 spiro atoms. The lowest BCUT2D eigenvalue weighted by Crippen LogP contribution is -2.33. The highest BCUT2D eigenvalue weighted by Crippen LogP contribution is 2.44. The zero-order chi connectivity index (χ0) is 32.1. The van der Waals surface area contributed by atoms with Gasteiger partial charge in [0.15, 0.2) is 6.79 Å². The standard InChI is InChI=1S/C36H39ClN2O5Si/c1-6-43-35(40)23-39-33-21-32(37)29(20-30(33)31(36(39)41)19-25-15-16-38(2)22-25)27-13-11-26(12-14-27)28-9-7-8-10-34(28)44-24-42-17-18-45(3,4)5/h7-16,19-22H,6,17-18,23-24H2,1-5H3. The minimum absolute atomic E-state index is 0.193. The van der Waals surface area contributed by atoms with Crippen LogP contribution in [0.4, 0.5) is 5.69 Å². The molecular weight excluding hydrogens is 604 g/mol. The Morgan fingerprint density at radius 2 is 1.67 bits per heavy atom. The third kappa shape index (κ3) is 7.76. The molecule has 4 aromatic rings. The largest absolute Gasteiger partial charge is 0.467 e. The van der Waals surface area contributed by atoms with E-state index in [1.807, 2.05) is 90.7 Å². The van der Waals surface area contributed by atoms with Crippen LogP contribution in [0, 0.1) is 0 Å². The summed E-state index contributed by atoms with van der Waals surface area (Å²) >= 11 is 6.85. The van der Waals surface area contributed by atoms with Crippen LogP contribution in [0.15, 0.2) is 79.1 Å². The van der Waals surface area contributed by atoms with Crippen LogP contribution in [0.25, 0.3) is 33.9 Å². The van der Waals surface area contributed by atoms with E-state index in [-0.39, 0.29) is 25.9 Å². The summed E-state index contributed by atoms with van der Waals surface area (Å²) in [6.07, 6.45) is 5.70. The lowest BCUT2D eigenvalue weighted by molar-refractivity contribution is -0.142.